The molecule has 0 spiro atoms. The summed E-state index contributed by atoms with van der Waals surface area (Å²) in [6.45, 7) is 9.82. The fourth-order valence-electron chi connectivity index (χ4n) is 3.97. The summed E-state index contributed by atoms with van der Waals surface area (Å²) < 4.78 is 1.75. The van der Waals surface area contributed by atoms with Gasteiger partial charge in [-0.3, -0.25) is 4.79 Å². The third kappa shape index (κ3) is 3.28. The number of aromatic nitrogens is 3. The number of amides is 1. The number of carbonyl (C=O) groups is 1. The van der Waals surface area contributed by atoms with Gasteiger partial charge in [-0.05, 0) is 37.1 Å². The molecule has 2 fully saturated rings. The summed E-state index contributed by atoms with van der Waals surface area (Å²) in [5, 5.41) is 4.56. The number of fused-ring (bicyclic) bond motifs is 1. The summed E-state index contributed by atoms with van der Waals surface area (Å²) in [5.41, 5.74) is 4.93. The van der Waals surface area contributed by atoms with Crippen LogP contribution in [0, 0.1) is 5.41 Å². The molecule has 5 rings (SSSR count). The molecule has 1 aromatic carbocycles. The highest BCUT2D eigenvalue weighted by Gasteiger charge is 2.42. The minimum absolute atomic E-state index is 0.0949. The Morgan fingerprint density at radius 1 is 1.00 bits per heavy atom. The van der Waals surface area contributed by atoms with Crippen molar-refractivity contribution in [3.63, 3.8) is 0 Å². The first kappa shape index (κ1) is 17.9. The maximum Gasteiger partial charge on any atom is 0.253 e. The van der Waals surface area contributed by atoms with Crippen molar-refractivity contribution in [2.24, 2.45) is 5.41 Å². The fraction of sp³-hybridized carbons (Fsp3) is 0.348. The van der Waals surface area contributed by atoms with Gasteiger partial charge in [-0.1, -0.05) is 25.6 Å². The van der Waals surface area contributed by atoms with Gasteiger partial charge >= 0.3 is 0 Å². The summed E-state index contributed by atoms with van der Waals surface area (Å²) in [7, 11) is 0. The summed E-state index contributed by atoms with van der Waals surface area (Å²) >= 11 is 0. The maximum atomic E-state index is 12.9. The summed E-state index contributed by atoms with van der Waals surface area (Å²) in [6.07, 6.45) is 6.03. The van der Waals surface area contributed by atoms with Crippen LogP contribution in [0.2, 0.25) is 0 Å². The van der Waals surface area contributed by atoms with Crippen molar-refractivity contribution in [2.45, 2.75) is 19.8 Å². The highest BCUT2D eigenvalue weighted by Crippen LogP contribution is 2.51. The maximum absolute atomic E-state index is 12.9. The first-order valence-corrected chi connectivity index (χ1v) is 10.2. The van der Waals surface area contributed by atoms with E-state index in [0.29, 0.717) is 5.41 Å². The lowest BCUT2D eigenvalue weighted by Gasteiger charge is -2.39. The first-order chi connectivity index (χ1) is 14.0. The van der Waals surface area contributed by atoms with Crippen LogP contribution >= 0.6 is 0 Å². The van der Waals surface area contributed by atoms with Crippen molar-refractivity contribution in [3.05, 3.63) is 66.6 Å². The van der Waals surface area contributed by atoms with Gasteiger partial charge in [0.25, 0.3) is 5.91 Å². The molecule has 1 saturated carbocycles. The van der Waals surface area contributed by atoms with E-state index in [-0.39, 0.29) is 5.91 Å². The summed E-state index contributed by atoms with van der Waals surface area (Å²) in [6, 6.07) is 11.6. The Balaban J connectivity index is 1.25. The van der Waals surface area contributed by atoms with Gasteiger partial charge in [-0.2, -0.15) is 5.10 Å². The number of hydrogen-bond acceptors (Lipinski definition) is 4. The van der Waals surface area contributed by atoms with Crippen LogP contribution in [-0.4, -0.2) is 56.5 Å². The molecule has 3 heterocycles. The monoisotopic (exact) mass is 387 g/mol. The summed E-state index contributed by atoms with van der Waals surface area (Å²) in [4.78, 5) is 21.5. The van der Waals surface area contributed by atoms with Crippen molar-refractivity contribution in [1.29, 1.82) is 0 Å². The van der Waals surface area contributed by atoms with E-state index in [1.54, 1.807) is 10.7 Å². The van der Waals surface area contributed by atoms with Crippen molar-refractivity contribution in [1.82, 2.24) is 24.4 Å². The van der Waals surface area contributed by atoms with E-state index in [4.69, 9.17) is 0 Å². The van der Waals surface area contributed by atoms with Gasteiger partial charge in [-0.25, -0.2) is 9.50 Å². The van der Waals surface area contributed by atoms with E-state index in [1.807, 2.05) is 47.5 Å². The highest BCUT2D eigenvalue weighted by molar-refractivity contribution is 5.94. The highest BCUT2D eigenvalue weighted by atomic mass is 16.2. The molecule has 0 N–H and O–H groups in total. The van der Waals surface area contributed by atoms with Crippen LogP contribution in [0.1, 0.15) is 30.1 Å². The largest absolute Gasteiger partial charge is 0.371 e. The van der Waals surface area contributed by atoms with E-state index in [1.165, 1.54) is 18.5 Å². The average molecular weight is 387 g/mol. The smallest absolute Gasteiger partial charge is 0.253 e. The van der Waals surface area contributed by atoms with Gasteiger partial charge in [0.2, 0.25) is 0 Å². The van der Waals surface area contributed by atoms with Crippen LogP contribution < -0.4 is 0 Å². The molecule has 6 nitrogen and oxygen atoms in total. The molecule has 1 amide bonds. The molecular formula is C23H25N5O. The number of allylic oxidation sites excluding steroid dienone is 1. The third-order valence-corrected chi connectivity index (χ3v) is 6.33. The average Bonchev–Trinajstić information content (AvgIpc) is 3.34. The number of carbonyl (C=O) groups excluding carboxylic acids is 1. The van der Waals surface area contributed by atoms with Crippen LogP contribution in [0.15, 0.2) is 61.1 Å². The van der Waals surface area contributed by atoms with E-state index >= 15 is 0 Å². The van der Waals surface area contributed by atoms with Gasteiger partial charge in [0.1, 0.15) is 0 Å². The van der Waals surface area contributed by atoms with Gasteiger partial charge < -0.3 is 9.80 Å². The number of imidazole rings is 1. The molecule has 1 aliphatic heterocycles. The Hall–Kier alpha value is -3.15. The van der Waals surface area contributed by atoms with Gasteiger partial charge in [0, 0.05) is 60.8 Å². The van der Waals surface area contributed by atoms with Crippen molar-refractivity contribution in [2.75, 3.05) is 26.2 Å². The van der Waals surface area contributed by atoms with Crippen molar-refractivity contribution < 1.29 is 4.79 Å². The van der Waals surface area contributed by atoms with E-state index in [0.717, 1.165) is 48.6 Å². The number of hydrogen-bond donors (Lipinski definition) is 0. The lowest BCUT2D eigenvalue weighted by molar-refractivity contribution is 0.0659. The summed E-state index contributed by atoms with van der Waals surface area (Å²) in [5.74, 6) is 0.0949. The van der Waals surface area contributed by atoms with E-state index in [2.05, 4.69) is 28.5 Å². The fourth-order valence-corrected chi connectivity index (χ4v) is 3.97. The van der Waals surface area contributed by atoms with E-state index in [9.17, 15) is 4.79 Å². The van der Waals surface area contributed by atoms with Crippen LogP contribution in [0.25, 0.3) is 16.9 Å². The SMILES string of the molecule is C=C(N1CCN(C(=O)c2ccc(-c3ccc4nccn4n3)cc2)CC1)C1(C)CC1. The second-order valence-corrected chi connectivity index (χ2v) is 8.31. The second-order valence-electron chi connectivity index (χ2n) is 8.31. The predicted octanol–water partition coefficient (Wildman–Crippen LogP) is 3.47. The molecule has 1 saturated heterocycles. The molecule has 1 aliphatic carbocycles. The van der Waals surface area contributed by atoms with Gasteiger partial charge in [0.15, 0.2) is 5.65 Å². The zero-order valence-electron chi connectivity index (χ0n) is 16.7. The Morgan fingerprint density at radius 3 is 2.38 bits per heavy atom. The van der Waals surface area contributed by atoms with Gasteiger partial charge in [-0.15, -0.1) is 0 Å². The molecule has 0 atom stereocenters. The normalized spacial score (nSPS) is 18.1. The lowest BCUT2D eigenvalue weighted by atomic mass is 10.0. The molecule has 29 heavy (non-hydrogen) atoms. The van der Waals surface area contributed by atoms with Crippen molar-refractivity contribution >= 4 is 11.6 Å². The van der Waals surface area contributed by atoms with Crippen LogP contribution in [-0.2, 0) is 0 Å². The Morgan fingerprint density at radius 2 is 1.69 bits per heavy atom. The molecule has 6 heteroatoms. The minimum atomic E-state index is 0.0949. The van der Waals surface area contributed by atoms with E-state index < -0.39 is 0 Å². The molecular weight excluding hydrogens is 362 g/mol. The number of benzene rings is 1. The quantitative estimate of drug-likeness (QED) is 0.688. The molecule has 0 bridgehead atoms. The number of rotatable bonds is 4. The predicted molar refractivity (Wildman–Crippen MR) is 112 cm³/mol. The Kier molecular flexibility index (Phi) is 4.15. The lowest BCUT2D eigenvalue weighted by Crippen LogP contribution is -2.48. The molecule has 148 valence electrons. The molecule has 0 unspecified atom stereocenters. The van der Waals surface area contributed by atoms with Crippen LogP contribution in [0.3, 0.4) is 0 Å². The second kappa shape index (κ2) is 6.72. The molecule has 2 aliphatic rings. The van der Waals surface area contributed by atoms with Crippen molar-refractivity contribution in [3.8, 4) is 11.3 Å². The van der Waals surface area contributed by atoms with Crippen LogP contribution in [0.4, 0.5) is 0 Å². The number of piperazine rings is 1. The zero-order chi connectivity index (χ0) is 20.0. The standard InChI is InChI=1S/C23H25N5O/c1-17(23(2)9-10-23)26-13-15-27(16-14-26)22(29)19-5-3-18(4-6-19)20-7-8-21-24-11-12-28(21)25-20/h3-8,11-12H,1,9-10,13-16H2,2H3. The number of nitrogens with zero attached hydrogens (tertiary/aromatic N) is 5. The Bertz CT molecular complexity index is 1070. The molecule has 2 aromatic heterocycles. The topological polar surface area (TPSA) is 53.7 Å². The zero-order valence-corrected chi connectivity index (χ0v) is 16.7. The Labute approximate surface area is 170 Å². The molecule has 3 aromatic rings. The molecule has 0 radical (unpaired) electrons. The minimum Gasteiger partial charge on any atom is -0.371 e. The van der Waals surface area contributed by atoms with Crippen LogP contribution in [0.5, 0.6) is 0 Å². The van der Waals surface area contributed by atoms with Gasteiger partial charge in [0.05, 0.1) is 5.69 Å². The first-order valence-electron chi connectivity index (χ1n) is 10.2. The third-order valence-electron chi connectivity index (χ3n) is 6.33.